The standard InChI is InChI=1S/C21H33N3O4/c1-6-28-20(26)14-24(12-16(4)5)13-19(25)23-18-10-8-7-9-17(18)21(27)22-11-15(2)3/h7-10,15-16H,6,11-14H2,1-5H3,(H,22,27)(H,23,25). The molecule has 1 aromatic carbocycles. The number of para-hydroxylation sites is 1. The van der Waals surface area contributed by atoms with Crippen molar-refractivity contribution in [2.24, 2.45) is 11.8 Å². The monoisotopic (exact) mass is 391 g/mol. The predicted octanol–water partition coefficient (Wildman–Crippen LogP) is 2.53. The van der Waals surface area contributed by atoms with Crippen molar-refractivity contribution in [1.29, 1.82) is 0 Å². The lowest BCUT2D eigenvalue weighted by atomic mass is 10.1. The third-order valence-electron chi connectivity index (χ3n) is 3.77. The summed E-state index contributed by atoms with van der Waals surface area (Å²) in [4.78, 5) is 38.5. The van der Waals surface area contributed by atoms with Crippen LogP contribution in [0.25, 0.3) is 0 Å². The van der Waals surface area contributed by atoms with E-state index in [1.807, 2.05) is 27.7 Å². The molecule has 7 heteroatoms. The molecule has 0 radical (unpaired) electrons. The van der Waals surface area contributed by atoms with Crippen molar-refractivity contribution in [2.45, 2.75) is 34.6 Å². The first kappa shape index (κ1) is 23.6. The first-order valence-electron chi connectivity index (χ1n) is 9.77. The fourth-order valence-corrected chi connectivity index (χ4v) is 2.67. The van der Waals surface area contributed by atoms with E-state index in [0.29, 0.717) is 36.9 Å². The average Bonchev–Trinajstić information content (AvgIpc) is 2.59. The maximum atomic E-state index is 12.5. The Hall–Kier alpha value is -2.41. The zero-order valence-electron chi connectivity index (χ0n) is 17.6. The molecular weight excluding hydrogens is 358 g/mol. The van der Waals surface area contributed by atoms with Gasteiger partial charge < -0.3 is 15.4 Å². The molecule has 28 heavy (non-hydrogen) atoms. The number of hydrogen-bond acceptors (Lipinski definition) is 5. The van der Waals surface area contributed by atoms with Crippen LogP contribution in [-0.4, -0.2) is 55.5 Å². The van der Waals surface area contributed by atoms with Gasteiger partial charge in [-0.05, 0) is 30.9 Å². The van der Waals surface area contributed by atoms with E-state index in [0.717, 1.165) is 0 Å². The Morgan fingerprint density at radius 1 is 1.04 bits per heavy atom. The highest BCUT2D eigenvalue weighted by Crippen LogP contribution is 2.15. The number of nitrogens with zero attached hydrogens (tertiary/aromatic N) is 1. The molecule has 7 nitrogen and oxygen atoms in total. The molecule has 1 aromatic rings. The zero-order valence-corrected chi connectivity index (χ0v) is 17.6. The van der Waals surface area contributed by atoms with E-state index < -0.39 is 0 Å². The van der Waals surface area contributed by atoms with E-state index in [-0.39, 0.29) is 36.8 Å². The van der Waals surface area contributed by atoms with Gasteiger partial charge in [0.05, 0.1) is 30.9 Å². The van der Waals surface area contributed by atoms with Gasteiger partial charge in [-0.2, -0.15) is 0 Å². The molecule has 0 heterocycles. The Morgan fingerprint density at radius 2 is 1.71 bits per heavy atom. The highest BCUT2D eigenvalue weighted by molar-refractivity contribution is 6.04. The summed E-state index contributed by atoms with van der Waals surface area (Å²) in [5, 5.41) is 5.65. The Labute approximate surface area is 167 Å². The highest BCUT2D eigenvalue weighted by atomic mass is 16.5. The lowest BCUT2D eigenvalue weighted by Gasteiger charge is -2.23. The number of benzene rings is 1. The van der Waals surface area contributed by atoms with Crippen LogP contribution in [0.2, 0.25) is 0 Å². The Kier molecular flexibility index (Phi) is 10.2. The lowest BCUT2D eigenvalue weighted by Crippen LogP contribution is -2.40. The summed E-state index contributed by atoms with van der Waals surface area (Å²) in [5.41, 5.74) is 0.867. The molecule has 2 amide bonds. The molecule has 0 aliphatic rings. The van der Waals surface area contributed by atoms with E-state index in [1.165, 1.54) is 0 Å². The second-order valence-corrected chi connectivity index (χ2v) is 7.57. The summed E-state index contributed by atoms with van der Waals surface area (Å²) < 4.78 is 4.99. The third-order valence-corrected chi connectivity index (χ3v) is 3.77. The molecule has 0 fully saturated rings. The molecule has 0 aliphatic heterocycles. The molecular formula is C21H33N3O4. The topological polar surface area (TPSA) is 87.7 Å². The summed E-state index contributed by atoms with van der Waals surface area (Å²) in [6.45, 7) is 11.4. The van der Waals surface area contributed by atoms with E-state index in [2.05, 4.69) is 10.6 Å². The van der Waals surface area contributed by atoms with Crippen LogP contribution in [0.4, 0.5) is 5.69 Å². The van der Waals surface area contributed by atoms with Crippen LogP contribution >= 0.6 is 0 Å². The second-order valence-electron chi connectivity index (χ2n) is 7.57. The van der Waals surface area contributed by atoms with Crippen LogP contribution in [0.15, 0.2) is 24.3 Å². The molecule has 0 aromatic heterocycles. The van der Waals surface area contributed by atoms with E-state index >= 15 is 0 Å². The van der Waals surface area contributed by atoms with Gasteiger partial charge in [-0.15, -0.1) is 0 Å². The average molecular weight is 392 g/mol. The number of nitrogens with one attached hydrogen (secondary N) is 2. The third kappa shape index (κ3) is 8.99. The SMILES string of the molecule is CCOC(=O)CN(CC(=O)Nc1ccccc1C(=O)NCC(C)C)CC(C)C. The maximum Gasteiger partial charge on any atom is 0.320 e. The quantitative estimate of drug-likeness (QED) is 0.566. The smallest absolute Gasteiger partial charge is 0.320 e. The molecule has 1 rings (SSSR count). The molecule has 0 aliphatic carbocycles. The van der Waals surface area contributed by atoms with E-state index in [1.54, 1.807) is 36.1 Å². The van der Waals surface area contributed by atoms with Crippen LogP contribution in [-0.2, 0) is 14.3 Å². The van der Waals surface area contributed by atoms with E-state index in [4.69, 9.17) is 4.74 Å². The Morgan fingerprint density at radius 3 is 2.32 bits per heavy atom. The largest absolute Gasteiger partial charge is 0.465 e. The van der Waals surface area contributed by atoms with Gasteiger partial charge in [0.1, 0.15) is 0 Å². The number of carbonyl (C=O) groups excluding carboxylic acids is 3. The van der Waals surface area contributed by atoms with Gasteiger partial charge in [-0.3, -0.25) is 19.3 Å². The van der Waals surface area contributed by atoms with Gasteiger partial charge in [0.15, 0.2) is 0 Å². The van der Waals surface area contributed by atoms with Gasteiger partial charge in [0, 0.05) is 13.1 Å². The Bertz CT molecular complexity index is 659. The number of anilines is 1. The molecule has 0 unspecified atom stereocenters. The minimum atomic E-state index is -0.357. The van der Waals surface area contributed by atoms with Crippen LogP contribution in [0.5, 0.6) is 0 Å². The number of amides is 2. The van der Waals surface area contributed by atoms with Crippen molar-refractivity contribution in [2.75, 3.05) is 38.1 Å². The Balaban J connectivity index is 2.79. The fraction of sp³-hybridized carbons (Fsp3) is 0.571. The number of esters is 1. The number of carbonyl (C=O) groups is 3. The summed E-state index contributed by atoms with van der Waals surface area (Å²) in [6.07, 6.45) is 0. The van der Waals surface area contributed by atoms with Crippen molar-refractivity contribution >= 4 is 23.5 Å². The summed E-state index contributed by atoms with van der Waals surface area (Å²) >= 11 is 0. The molecule has 2 N–H and O–H groups in total. The second kappa shape index (κ2) is 12.1. The minimum Gasteiger partial charge on any atom is -0.465 e. The van der Waals surface area contributed by atoms with Gasteiger partial charge >= 0.3 is 5.97 Å². The lowest BCUT2D eigenvalue weighted by molar-refractivity contribution is -0.144. The minimum absolute atomic E-state index is 0.0406. The molecule has 0 atom stereocenters. The van der Waals surface area contributed by atoms with Gasteiger partial charge in [0.2, 0.25) is 5.91 Å². The summed E-state index contributed by atoms with van der Waals surface area (Å²) in [5.74, 6) is -0.247. The van der Waals surface area contributed by atoms with Crippen LogP contribution in [0.3, 0.4) is 0 Å². The summed E-state index contributed by atoms with van der Waals surface area (Å²) in [7, 11) is 0. The fourth-order valence-electron chi connectivity index (χ4n) is 2.67. The first-order chi connectivity index (χ1) is 13.2. The van der Waals surface area contributed by atoms with Gasteiger partial charge in [0.25, 0.3) is 5.91 Å². The van der Waals surface area contributed by atoms with Crippen molar-refractivity contribution in [1.82, 2.24) is 10.2 Å². The molecule has 0 bridgehead atoms. The van der Waals surface area contributed by atoms with E-state index in [9.17, 15) is 14.4 Å². The number of rotatable bonds is 11. The molecule has 156 valence electrons. The number of hydrogen-bond donors (Lipinski definition) is 2. The van der Waals surface area contributed by atoms with Crippen molar-refractivity contribution in [3.8, 4) is 0 Å². The zero-order chi connectivity index (χ0) is 21.1. The van der Waals surface area contributed by atoms with Crippen LogP contribution < -0.4 is 10.6 Å². The first-order valence-corrected chi connectivity index (χ1v) is 9.77. The van der Waals surface area contributed by atoms with Gasteiger partial charge in [-0.25, -0.2) is 0 Å². The van der Waals surface area contributed by atoms with Crippen LogP contribution in [0.1, 0.15) is 45.0 Å². The van der Waals surface area contributed by atoms with Crippen molar-refractivity contribution < 1.29 is 19.1 Å². The van der Waals surface area contributed by atoms with Crippen molar-refractivity contribution in [3.63, 3.8) is 0 Å². The van der Waals surface area contributed by atoms with Crippen LogP contribution in [0, 0.1) is 11.8 Å². The predicted molar refractivity (Wildman–Crippen MR) is 110 cm³/mol. The highest BCUT2D eigenvalue weighted by Gasteiger charge is 2.18. The normalized spacial score (nSPS) is 11.0. The molecule has 0 saturated carbocycles. The molecule has 0 saturated heterocycles. The van der Waals surface area contributed by atoms with Gasteiger partial charge in [-0.1, -0.05) is 39.8 Å². The summed E-state index contributed by atoms with van der Waals surface area (Å²) in [6, 6.07) is 6.89. The number of ether oxygens (including phenoxy) is 1. The van der Waals surface area contributed by atoms with Crippen molar-refractivity contribution in [3.05, 3.63) is 29.8 Å². The molecule has 0 spiro atoms. The maximum absolute atomic E-state index is 12.5.